The van der Waals surface area contributed by atoms with E-state index in [4.69, 9.17) is 16.3 Å². The van der Waals surface area contributed by atoms with Crippen molar-refractivity contribution in [3.05, 3.63) is 34.9 Å². The molecule has 0 aromatic heterocycles. The molecule has 0 saturated carbocycles. The van der Waals surface area contributed by atoms with Crippen molar-refractivity contribution in [1.29, 1.82) is 0 Å². The third-order valence-electron chi connectivity index (χ3n) is 2.30. The van der Waals surface area contributed by atoms with Crippen molar-refractivity contribution in [1.82, 2.24) is 5.32 Å². The van der Waals surface area contributed by atoms with Gasteiger partial charge < -0.3 is 10.1 Å². The zero-order chi connectivity index (χ0) is 14.3. The minimum Gasteiger partial charge on any atom is -0.463 e. The number of carbonyl (C=O) groups excluding carboxylic acids is 2. The molecule has 1 amide bonds. The fourth-order valence-corrected chi connectivity index (χ4v) is 1.60. The second-order valence-electron chi connectivity index (χ2n) is 4.44. The average molecular weight is 284 g/mol. The van der Waals surface area contributed by atoms with Gasteiger partial charge in [0.05, 0.1) is 18.9 Å². The fourth-order valence-electron chi connectivity index (χ4n) is 1.48. The maximum Gasteiger partial charge on any atom is 0.307 e. The molecular formula is C14H18ClNO3. The van der Waals surface area contributed by atoms with Crippen LogP contribution < -0.4 is 5.32 Å². The van der Waals surface area contributed by atoms with E-state index >= 15 is 0 Å². The van der Waals surface area contributed by atoms with E-state index in [0.29, 0.717) is 5.02 Å². The molecule has 0 heterocycles. The first-order valence-electron chi connectivity index (χ1n) is 6.18. The van der Waals surface area contributed by atoms with E-state index in [2.05, 4.69) is 5.32 Å². The first-order chi connectivity index (χ1) is 8.97. The van der Waals surface area contributed by atoms with E-state index in [9.17, 15) is 9.59 Å². The summed E-state index contributed by atoms with van der Waals surface area (Å²) >= 11 is 5.76. The van der Waals surface area contributed by atoms with E-state index < -0.39 is 0 Å². The van der Waals surface area contributed by atoms with Crippen LogP contribution in [0.1, 0.15) is 25.8 Å². The van der Waals surface area contributed by atoms with Crippen LogP contribution in [-0.4, -0.2) is 24.5 Å². The summed E-state index contributed by atoms with van der Waals surface area (Å²) in [4.78, 5) is 22.8. The molecule has 1 N–H and O–H groups in total. The van der Waals surface area contributed by atoms with Crippen LogP contribution in [0.25, 0.3) is 0 Å². The molecule has 5 heteroatoms. The molecule has 0 saturated heterocycles. The van der Waals surface area contributed by atoms with Crippen molar-refractivity contribution in [3.8, 4) is 0 Å². The van der Waals surface area contributed by atoms with Gasteiger partial charge in [0.1, 0.15) is 0 Å². The molecule has 0 radical (unpaired) electrons. The number of amides is 1. The van der Waals surface area contributed by atoms with E-state index in [-0.39, 0.29) is 37.4 Å². The zero-order valence-electron chi connectivity index (χ0n) is 11.1. The number of rotatable bonds is 6. The van der Waals surface area contributed by atoms with E-state index in [1.54, 1.807) is 38.1 Å². The van der Waals surface area contributed by atoms with Crippen LogP contribution in [-0.2, 0) is 20.7 Å². The number of halogens is 1. The van der Waals surface area contributed by atoms with Gasteiger partial charge >= 0.3 is 5.97 Å². The van der Waals surface area contributed by atoms with Crippen LogP contribution >= 0.6 is 11.6 Å². The molecule has 0 spiro atoms. The van der Waals surface area contributed by atoms with Crippen LogP contribution in [0, 0.1) is 0 Å². The molecule has 4 nitrogen and oxygen atoms in total. The molecule has 0 aliphatic rings. The van der Waals surface area contributed by atoms with Gasteiger partial charge in [0, 0.05) is 11.6 Å². The number of nitrogens with one attached hydrogen (secondary N) is 1. The molecule has 0 aliphatic carbocycles. The quantitative estimate of drug-likeness (QED) is 0.815. The van der Waals surface area contributed by atoms with Gasteiger partial charge in [-0.25, -0.2) is 0 Å². The van der Waals surface area contributed by atoms with Gasteiger partial charge in [0.15, 0.2) is 0 Å². The zero-order valence-corrected chi connectivity index (χ0v) is 11.9. The first-order valence-corrected chi connectivity index (χ1v) is 6.56. The number of ether oxygens (including phenoxy) is 1. The summed E-state index contributed by atoms with van der Waals surface area (Å²) in [6.45, 7) is 3.87. The third kappa shape index (κ3) is 6.82. The maximum absolute atomic E-state index is 11.6. The normalized spacial score (nSPS) is 10.3. The molecule has 0 bridgehead atoms. The minimum absolute atomic E-state index is 0.125. The number of benzene rings is 1. The Balaban J connectivity index is 2.25. The Bertz CT molecular complexity index is 429. The Kier molecular flexibility index (Phi) is 6.36. The van der Waals surface area contributed by atoms with Gasteiger partial charge in [-0.1, -0.05) is 23.7 Å². The lowest BCUT2D eigenvalue weighted by Gasteiger charge is -2.08. The van der Waals surface area contributed by atoms with Gasteiger partial charge in [0.2, 0.25) is 5.91 Å². The van der Waals surface area contributed by atoms with Crippen LogP contribution in [0.5, 0.6) is 0 Å². The lowest BCUT2D eigenvalue weighted by molar-refractivity contribution is -0.147. The van der Waals surface area contributed by atoms with Crippen molar-refractivity contribution in [2.75, 3.05) is 6.54 Å². The average Bonchev–Trinajstić information content (AvgIpc) is 2.31. The molecule has 1 rings (SSSR count). The summed E-state index contributed by atoms with van der Waals surface area (Å²) in [5.74, 6) is -0.429. The highest BCUT2D eigenvalue weighted by Crippen LogP contribution is 2.09. The largest absolute Gasteiger partial charge is 0.463 e. The van der Waals surface area contributed by atoms with Crippen molar-refractivity contribution < 1.29 is 14.3 Å². The summed E-state index contributed by atoms with van der Waals surface area (Å²) in [6.07, 6.45) is 0.332. The summed E-state index contributed by atoms with van der Waals surface area (Å²) in [6, 6.07) is 7.08. The Morgan fingerprint density at radius 3 is 2.47 bits per heavy atom. The van der Waals surface area contributed by atoms with Gasteiger partial charge in [-0.15, -0.1) is 0 Å². The summed E-state index contributed by atoms with van der Waals surface area (Å²) in [5, 5.41) is 3.32. The highest BCUT2D eigenvalue weighted by atomic mass is 35.5. The predicted molar refractivity (Wildman–Crippen MR) is 74.0 cm³/mol. The molecule has 1 aromatic rings. The predicted octanol–water partition coefficient (Wildman–Crippen LogP) is 2.34. The number of esters is 1. The van der Waals surface area contributed by atoms with Gasteiger partial charge in [-0.2, -0.15) is 0 Å². The van der Waals surface area contributed by atoms with E-state index in [1.807, 2.05) is 0 Å². The second kappa shape index (κ2) is 7.79. The molecular weight excluding hydrogens is 266 g/mol. The topological polar surface area (TPSA) is 55.4 Å². The number of carbonyl (C=O) groups is 2. The van der Waals surface area contributed by atoms with Crippen LogP contribution in [0.4, 0.5) is 0 Å². The molecule has 104 valence electrons. The Labute approximate surface area is 118 Å². The fraction of sp³-hybridized carbons (Fsp3) is 0.429. The van der Waals surface area contributed by atoms with Gasteiger partial charge in [-0.05, 0) is 31.5 Å². The molecule has 0 atom stereocenters. The first kappa shape index (κ1) is 15.5. The third-order valence-corrected chi connectivity index (χ3v) is 2.55. The van der Waals surface area contributed by atoms with Crippen LogP contribution in [0.15, 0.2) is 24.3 Å². The van der Waals surface area contributed by atoms with Crippen molar-refractivity contribution >= 4 is 23.5 Å². The number of hydrogen-bond donors (Lipinski definition) is 1. The van der Waals surface area contributed by atoms with Crippen LogP contribution in [0.2, 0.25) is 5.02 Å². The van der Waals surface area contributed by atoms with E-state index in [0.717, 1.165) is 5.56 Å². The second-order valence-corrected chi connectivity index (χ2v) is 4.88. The molecule has 0 aliphatic heterocycles. The Morgan fingerprint density at radius 2 is 1.89 bits per heavy atom. The van der Waals surface area contributed by atoms with Crippen molar-refractivity contribution in [2.24, 2.45) is 0 Å². The molecule has 0 unspecified atom stereocenters. The van der Waals surface area contributed by atoms with E-state index in [1.165, 1.54) is 0 Å². The SMILES string of the molecule is CC(C)OC(=O)CCNC(=O)Cc1ccc(Cl)cc1. The Hall–Kier alpha value is -1.55. The van der Waals surface area contributed by atoms with Crippen molar-refractivity contribution in [2.45, 2.75) is 32.8 Å². The standard InChI is InChI=1S/C14H18ClNO3/c1-10(2)19-14(18)7-8-16-13(17)9-11-3-5-12(15)6-4-11/h3-6,10H,7-9H2,1-2H3,(H,16,17). The summed E-state index contributed by atoms with van der Waals surface area (Å²) in [7, 11) is 0. The Morgan fingerprint density at radius 1 is 1.26 bits per heavy atom. The highest BCUT2D eigenvalue weighted by molar-refractivity contribution is 6.30. The highest BCUT2D eigenvalue weighted by Gasteiger charge is 2.07. The lowest BCUT2D eigenvalue weighted by atomic mass is 10.1. The van der Waals surface area contributed by atoms with Gasteiger partial charge in [0.25, 0.3) is 0 Å². The van der Waals surface area contributed by atoms with Gasteiger partial charge in [-0.3, -0.25) is 9.59 Å². The lowest BCUT2D eigenvalue weighted by Crippen LogP contribution is -2.28. The summed E-state index contributed by atoms with van der Waals surface area (Å²) in [5.41, 5.74) is 0.881. The maximum atomic E-state index is 11.6. The molecule has 0 fully saturated rings. The minimum atomic E-state index is -0.304. The van der Waals surface area contributed by atoms with Crippen molar-refractivity contribution in [3.63, 3.8) is 0 Å². The molecule has 1 aromatic carbocycles. The smallest absolute Gasteiger partial charge is 0.307 e. The number of hydrogen-bond acceptors (Lipinski definition) is 3. The summed E-state index contributed by atoms with van der Waals surface area (Å²) < 4.78 is 4.96. The van der Waals surface area contributed by atoms with Crippen LogP contribution in [0.3, 0.4) is 0 Å². The monoisotopic (exact) mass is 283 g/mol. The molecule has 19 heavy (non-hydrogen) atoms.